The number of aliphatic hydroxyl groups is 9. The highest BCUT2D eigenvalue weighted by atomic mass is 16.7. The molecule has 11 heteroatoms. The van der Waals surface area contributed by atoms with E-state index in [0.29, 0.717) is 0 Å². The molecular formula is C12H22O11. The molecule has 0 aromatic rings. The lowest BCUT2D eigenvalue weighted by atomic mass is 9.78. The lowest BCUT2D eigenvalue weighted by Gasteiger charge is -2.50. The second kappa shape index (κ2) is 6.46. The molecule has 2 fully saturated rings. The van der Waals surface area contributed by atoms with Crippen molar-refractivity contribution in [2.24, 2.45) is 0 Å². The van der Waals surface area contributed by atoms with E-state index in [2.05, 4.69) is 0 Å². The van der Waals surface area contributed by atoms with E-state index < -0.39 is 73.9 Å². The van der Waals surface area contributed by atoms with Crippen molar-refractivity contribution in [3.63, 3.8) is 0 Å². The average molecular weight is 342 g/mol. The Hall–Kier alpha value is -0.440. The number of aliphatic hydroxyl groups excluding tert-OH is 8. The SMILES string of the molecule is OC[C@H]1O[C@](O)(C(O)C2(CO)OC[C@@H](O)[C@@H](O)[C@H]2O)[C@H](O)[C@@H]1O. The molecule has 2 saturated heterocycles. The standard InChI is InChI=1S/C12H22O11/c13-1-5-7(17)9(19)12(21,23-5)10(20)11(3-14)8(18)6(16)4(15)2-22-11/h4-10,13-21H,1-3H2/t4-,5-,6-,7-,8-,9-,10?,11?,12+/m1/s1. The quantitative estimate of drug-likeness (QED) is 0.235. The summed E-state index contributed by atoms with van der Waals surface area (Å²) < 4.78 is 9.93. The molecule has 0 radical (unpaired) electrons. The van der Waals surface area contributed by atoms with Gasteiger partial charge in [-0.2, -0.15) is 0 Å². The summed E-state index contributed by atoms with van der Waals surface area (Å²) in [7, 11) is 0. The summed E-state index contributed by atoms with van der Waals surface area (Å²) >= 11 is 0. The normalized spacial score (nSPS) is 52.6. The molecule has 23 heavy (non-hydrogen) atoms. The first kappa shape index (κ1) is 18.9. The third-order valence-corrected chi connectivity index (χ3v) is 4.49. The minimum absolute atomic E-state index is 0.589. The van der Waals surface area contributed by atoms with Crippen LogP contribution in [0.15, 0.2) is 0 Å². The summed E-state index contributed by atoms with van der Waals surface area (Å²) in [6.07, 6.45) is -13.0. The van der Waals surface area contributed by atoms with Crippen molar-refractivity contribution in [1.82, 2.24) is 0 Å². The molecule has 0 aromatic heterocycles. The van der Waals surface area contributed by atoms with Gasteiger partial charge in [-0.05, 0) is 0 Å². The maximum atomic E-state index is 10.4. The minimum Gasteiger partial charge on any atom is -0.394 e. The van der Waals surface area contributed by atoms with Gasteiger partial charge in [0.2, 0.25) is 5.79 Å². The molecule has 0 spiro atoms. The van der Waals surface area contributed by atoms with Crippen LogP contribution in [-0.4, -0.2) is 120 Å². The lowest BCUT2D eigenvalue weighted by Crippen LogP contribution is -2.73. The van der Waals surface area contributed by atoms with Gasteiger partial charge in [-0.15, -0.1) is 0 Å². The molecule has 2 aliphatic heterocycles. The Kier molecular flexibility index (Phi) is 5.31. The zero-order valence-corrected chi connectivity index (χ0v) is 12.0. The zero-order chi connectivity index (χ0) is 17.6. The van der Waals surface area contributed by atoms with Gasteiger partial charge in [0.1, 0.15) is 42.7 Å². The van der Waals surface area contributed by atoms with Crippen LogP contribution in [0, 0.1) is 0 Å². The zero-order valence-electron chi connectivity index (χ0n) is 12.0. The predicted molar refractivity (Wildman–Crippen MR) is 68.7 cm³/mol. The number of rotatable bonds is 4. The van der Waals surface area contributed by atoms with Crippen molar-refractivity contribution >= 4 is 0 Å². The van der Waals surface area contributed by atoms with Crippen molar-refractivity contribution in [1.29, 1.82) is 0 Å². The smallest absolute Gasteiger partial charge is 0.225 e. The molecular weight excluding hydrogens is 320 g/mol. The largest absolute Gasteiger partial charge is 0.394 e. The van der Waals surface area contributed by atoms with E-state index >= 15 is 0 Å². The molecule has 2 heterocycles. The van der Waals surface area contributed by atoms with Crippen molar-refractivity contribution < 1.29 is 55.4 Å². The summed E-state index contributed by atoms with van der Waals surface area (Å²) in [5.74, 6) is -2.90. The fourth-order valence-electron chi connectivity index (χ4n) is 2.94. The van der Waals surface area contributed by atoms with Crippen LogP contribution in [0.1, 0.15) is 0 Å². The molecule has 136 valence electrons. The summed E-state index contributed by atoms with van der Waals surface area (Å²) in [6, 6.07) is 0. The molecule has 0 aromatic carbocycles. The van der Waals surface area contributed by atoms with Gasteiger partial charge < -0.3 is 55.4 Å². The van der Waals surface area contributed by atoms with Gasteiger partial charge in [-0.1, -0.05) is 0 Å². The summed E-state index contributed by atoms with van der Waals surface area (Å²) in [6.45, 7) is -2.49. The highest BCUT2D eigenvalue weighted by Crippen LogP contribution is 2.40. The number of hydrogen-bond acceptors (Lipinski definition) is 11. The molecule has 2 rings (SSSR count). The molecule has 9 N–H and O–H groups in total. The fraction of sp³-hybridized carbons (Fsp3) is 1.00. The topological polar surface area (TPSA) is 201 Å². The Labute approximate surface area is 130 Å². The maximum absolute atomic E-state index is 10.4. The fourth-order valence-corrected chi connectivity index (χ4v) is 2.94. The van der Waals surface area contributed by atoms with Crippen LogP contribution in [0.3, 0.4) is 0 Å². The third kappa shape index (κ3) is 2.67. The van der Waals surface area contributed by atoms with E-state index in [0.717, 1.165) is 0 Å². The number of ether oxygens (including phenoxy) is 2. The van der Waals surface area contributed by atoms with E-state index in [4.69, 9.17) is 14.6 Å². The van der Waals surface area contributed by atoms with Crippen LogP contribution >= 0.6 is 0 Å². The van der Waals surface area contributed by atoms with Crippen molar-refractivity contribution in [2.75, 3.05) is 19.8 Å². The average Bonchev–Trinajstić information content (AvgIpc) is 2.78. The summed E-state index contributed by atoms with van der Waals surface area (Å²) in [5.41, 5.74) is -2.40. The Balaban J connectivity index is 2.34. The predicted octanol–water partition coefficient (Wildman–Crippen LogP) is -6.01. The van der Waals surface area contributed by atoms with Gasteiger partial charge in [0, 0.05) is 0 Å². The molecule has 9 atom stereocenters. The minimum atomic E-state index is -2.90. The van der Waals surface area contributed by atoms with Crippen LogP contribution < -0.4 is 0 Å². The first-order chi connectivity index (χ1) is 10.7. The van der Waals surface area contributed by atoms with Crippen LogP contribution in [0.4, 0.5) is 0 Å². The van der Waals surface area contributed by atoms with Gasteiger partial charge >= 0.3 is 0 Å². The van der Waals surface area contributed by atoms with Crippen LogP contribution in [0.2, 0.25) is 0 Å². The highest BCUT2D eigenvalue weighted by molar-refractivity contribution is 5.11. The molecule has 0 amide bonds. The van der Waals surface area contributed by atoms with Crippen LogP contribution in [0.5, 0.6) is 0 Å². The molecule has 0 aliphatic carbocycles. The van der Waals surface area contributed by atoms with E-state index in [-0.39, 0.29) is 0 Å². The Morgan fingerprint density at radius 1 is 1.00 bits per heavy atom. The van der Waals surface area contributed by atoms with Gasteiger partial charge in [-0.3, -0.25) is 0 Å². The van der Waals surface area contributed by atoms with Crippen molar-refractivity contribution in [3.8, 4) is 0 Å². The van der Waals surface area contributed by atoms with Crippen molar-refractivity contribution in [2.45, 2.75) is 54.1 Å². The van der Waals surface area contributed by atoms with Gasteiger partial charge in [0.25, 0.3) is 0 Å². The van der Waals surface area contributed by atoms with Gasteiger partial charge in [0.05, 0.1) is 19.8 Å². The Morgan fingerprint density at radius 2 is 1.61 bits per heavy atom. The van der Waals surface area contributed by atoms with E-state index in [9.17, 15) is 40.9 Å². The maximum Gasteiger partial charge on any atom is 0.225 e. The first-order valence-electron chi connectivity index (χ1n) is 7.00. The second-order valence-electron chi connectivity index (χ2n) is 5.86. The molecule has 0 saturated carbocycles. The van der Waals surface area contributed by atoms with E-state index in [1.165, 1.54) is 0 Å². The molecule has 2 aliphatic rings. The Morgan fingerprint density at radius 3 is 2.09 bits per heavy atom. The van der Waals surface area contributed by atoms with Gasteiger partial charge in [-0.25, -0.2) is 0 Å². The van der Waals surface area contributed by atoms with Gasteiger partial charge in [0.15, 0.2) is 5.60 Å². The summed E-state index contributed by atoms with van der Waals surface area (Å²) in [5, 5.41) is 88.2. The summed E-state index contributed by atoms with van der Waals surface area (Å²) in [4.78, 5) is 0. The lowest BCUT2D eigenvalue weighted by molar-refractivity contribution is -0.353. The molecule has 0 bridgehead atoms. The van der Waals surface area contributed by atoms with Crippen molar-refractivity contribution in [3.05, 3.63) is 0 Å². The monoisotopic (exact) mass is 342 g/mol. The molecule has 11 nitrogen and oxygen atoms in total. The first-order valence-corrected chi connectivity index (χ1v) is 7.00. The Bertz CT molecular complexity index is 422. The second-order valence-corrected chi connectivity index (χ2v) is 5.86. The number of hydrogen-bond donors (Lipinski definition) is 9. The van der Waals surface area contributed by atoms with Crippen LogP contribution in [-0.2, 0) is 9.47 Å². The van der Waals surface area contributed by atoms with E-state index in [1.807, 2.05) is 0 Å². The van der Waals surface area contributed by atoms with Crippen LogP contribution in [0.25, 0.3) is 0 Å². The highest BCUT2D eigenvalue weighted by Gasteiger charge is 2.66. The van der Waals surface area contributed by atoms with E-state index in [1.54, 1.807) is 0 Å². The molecule has 2 unspecified atom stereocenters. The third-order valence-electron chi connectivity index (χ3n) is 4.49.